The molecule has 3 rings (SSSR count). The second-order valence-corrected chi connectivity index (χ2v) is 6.38. The molecule has 1 aromatic heterocycles. The van der Waals surface area contributed by atoms with Gasteiger partial charge >= 0.3 is 0 Å². The molecule has 18 heavy (non-hydrogen) atoms. The van der Waals surface area contributed by atoms with E-state index in [9.17, 15) is 4.21 Å². The van der Waals surface area contributed by atoms with E-state index in [1.807, 2.05) is 19.1 Å². The summed E-state index contributed by atoms with van der Waals surface area (Å²) >= 11 is 0. The molecule has 0 bridgehead atoms. The van der Waals surface area contributed by atoms with Crippen LogP contribution in [-0.4, -0.2) is 24.6 Å². The molecule has 0 amide bonds. The van der Waals surface area contributed by atoms with Crippen LogP contribution < -0.4 is 0 Å². The van der Waals surface area contributed by atoms with Gasteiger partial charge in [0.05, 0.1) is 5.75 Å². The van der Waals surface area contributed by atoms with Gasteiger partial charge in [-0.3, -0.25) is 9.31 Å². The van der Waals surface area contributed by atoms with E-state index in [0.29, 0.717) is 11.6 Å². The van der Waals surface area contributed by atoms with E-state index in [4.69, 9.17) is 0 Å². The average molecular weight is 261 g/mol. The van der Waals surface area contributed by atoms with Crippen LogP contribution in [0.3, 0.4) is 0 Å². The second-order valence-electron chi connectivity index (χ2n) is 4.66. The van der Waals surface area contributed by atoms with Crippen molar-refractivity contribution in [3.05, 3.63) is 47.0 Å². The summed E-state index contributed by atoms with van der Waals surface area (Å²) in [6, 6.07) is 8.35. The van der Waals surface area contributed by atoms with Gasteiger partial charge in [-0.1, -0.05) is 24.3 Å². The Hall–Kier alpha value is -1.49. The maximum absolute atomic E-state index is 12.3. The number of aryl methyl sites for hydroxylation is 1. The minimum absolute atomic E-state index is 0.209. The van der Waals surface area contributed by atoms with Crippen molar-refractivity contribution >= 4 is 10.8 Å². The molecular weight excluding hydrogens is 246 g/mol. The van der Waals surface area contributed by atoms with Crippen LogP contribution in [0.2, 0.25) is 0 Å². The van der Waals surface area contributed by atoms with E-state index in [1.165, 1.54) is 11.1 Å². The normalized spacial score (nSPS) is 16.7. The highest BCUT2D eigenvalue weighted by Crippen LogP contribution is 2.25. The van der Waals surface area contributed by atoms with Gasteiger partial charge in [-0.05, 0) is 30.9 Å². The third kappa shape index (κ3) is 2.22. The molecule has 94 valence electrons. The minimum Gasteiger partial charge on any atom is -0.263 e. The first-order valence-corrected chi connectivity index (χ1v) is 7.42. The molecule has 1 heterocycles. The smallest absolute Gasteiger partial charge is 0.163 e. The Bertz CT molecular complexity index is 568. The number of aromatic nitrogens is 3. The van der Waals surface area contributed by atoms with E-state index in [-0.39, 0.29) is 5.25 Å². The molecule has 0 fully saturated rings. The Labute approximate surface area is 108 Å². The van der Waals surface area contributed by atoms with E-state index in [0.717, 1.165) is 18.7 Å². The molecule has 0 spiro atoms. The molecule has 1 atom stereocenters. The number of hydrogen-bond donors (Lipinski definition) is 1. The number of benzene rings is 1. The van der Waals surface area contributed by atoms with Crippen LogP contribution in [0.25, 0.3) is 0 Å². The van der Waals surface area contributed by atoms with Crippen LogP contribution in [-0.2, 0) is 29.4 Å². The molecule has 1 N–H and O–H groups in total. The summed E-state index contributed by atoms with van der Waals surface area (Å²) in [5.41, 5.74) is 2.67. The van der Waals surface area contributed by atoms with Crippen molar-refractivity contribution < 1.29 is 4.21 Å². The number of aromatic amines is 1. The van der Waals surface area contributed by atoms with Crippen molar-refractivity contribution in [2.45, 2.75) is 30.8 Å². The van der Waals surface area contributed by atoms with Crippen LogP contribution in [0.5, 0.6) is 0 Å². The van der Waals surface area contributed by atoms with Crippen LogP contribution in [0, 0.1) is 6.92 Å². The Morgan fingerprint density at radius 2 is 2.00 bits per heavy atom. The maximum Gasteiger partial charge on any atom is 0.163 e. The highest BCUT2D eigenvalue weighted by Gasteiger charge is 2.26. The third-order valence-corrected chi connectivity index (χ3v) is 4.92. The number of nitrogens with one attached hydrogen (secondary N) is 1. The van der Waals surface area contributed by atoms with Crippen molar-refractivity contribution in [2.75, 3.05) is 0 Å². The first kappa shape index (κ1) is 11.6. The quantitative estimate of drug-likeness (QED) is 0.911. The molecule has 1 aliphatic rings. The summed E-state index contributed by atoms with van der Waals surface area (Å²) in [5, 5.41) is 7.04. The summed E-state index contributed by atoms with van der Waals surface area (Å²) in [5.74, 6) is 1.88. The Balaban J connectivity index is 1.69. The van der Waals surface area contributed by atoms with E-state index in [2.05, 4.69) is 27.3 Å². The monoisotopic (exact) mass is 261 g/mol. The summed E-state index contributed by atoms with van der Waals surface area (Å²) in [6.07, 6.45) is 1.82. The van der Waals surface area contributed by atoms with Crippen LogP contribution in [0.4, 0.5) is 0 Å². The molecule has 2 aromatic rings. The lowest BCUT2D eigenvalue weighted by Gasteiger charge is -2.06. The average Bonchev–Trinajstić information content (AvgIpc) is 2.95. The molecule has 1 aliphatic carbocycles. The van der Waals surface area contributed by atoms with Gasteiger partial charge in [-0.15, -0.1) is 0 Å². The lowest BCUT2D eigenvalue weighted by atomic mass is 10.1. The summed E-state index contributed by atoms with van der Waals surface area (Å²) in [6.45, 7) is 1.85. The zero-order valence-corrected chi connectivity index (χ0v) is 11.0. The summed E-state index contributed by atoms with van der Waals surface area (Å²) in [4.78, 5) is 4.21. The van der Waals surface area contributed by atoms with Crippen molar-refractivity contribution in [3.8, 4) is 0 Å². The van der Waals surface area contributed by atoms with Gasteiger partial charge in [-0.2, -0.15) is 5.10 Å². The number of nitrogens with zero attached hydrogens (tertiary/aromatic N) is 2. The maximum atomic E-state index is 12.3. The molecule has 5 heteroatoms. The number of hydrogen-bond acceptors (Lipinski definition) is 3. The van der Waals surface area contributed by atoms with Gasteiger partial charge in [0.2, 0.25) is 0 Å². The van der Waals surface area contributed by atoms with Crippen LogP contribution in [0.1, 0.15) is 22.8 Å². The summed E-state index contributed by atoms with van der Waals surface area (Å²) in [7, 11) is -0.904. The first-order chi connectivity index (χ1) is 8.72. The van der Waals surface area contributed by atoms with Crippen LogP contribution in [0.15, 0.2) is 24.3 Å². The largest absolute Gasteiger partial charge is 0.263 e. The fourth-order valence-electron chi connectivity index (χ4n) is 2.40. The molecular formula is C13H15N3OS. The molecule has 1 unspecified atom stereocenters. The fraction of sp³-hybridized carbons (Fsp3) is 0.385. The number of H-pyrrole nitrogens is 1. The van der Waals surface area contributed by atoms with E-state index < -0.39 is 10.8 Å². The van der Waals surface area contributed by atoms with Gasteiger partial charge in [0.25, 0.3) is 0 Å². The predicted molar refractivity (Wildman–Crippen MR) is 70.6 cm³/mol. The Morgan fingerprint density at radius 1 is 1.33 bits per heavy atom. The van der Waals surface area contributed by atoms with Gasteiger partial charge in [0.15, 0.2) is 5.82 Å². The zero-order valence-electron chi connectivity index (χ0n) is 10.2. The Kier molecular flexibility index (Phi) is 2.99. The standard InChI is InChI=1S/C13H15N3OS/c1-9-14-13(16-15-9)8-18(17)12-6-10-4-2-3-5-11(10)7-12/h2-5,12H,6-8H2,1H3,(H,14,15,16). The molecule has 1 aromatic carbocycles. The van der Waals surface area contributed by atoms with Crippen molar-refractivity contribution in [1.29, 1.82) is 0 Å². The lowest BCUT2D eigenvalue weighted by molar-refractivity contribution is 0.668. The van der Waals surface area contributed by atoms with Gasteiger partial charge < -0.3 is 0 Å². The highest BCUT2D eigenvalue weighted by atomic mass is 32.2. The molecule has 0 aliphatic heterocycles. The first-order valence-electron chi connectivity index (χ1n) is 6.04. The van der Waals surface area contributed by atoms with Gasteiger partial charge in [0.1, 0.15) is 5.82 Å². The topological polar surface area (TPSA) is 58.6 Å². The fourth-order valence-corrected chi connectivity index (χ4v) is 3.75. The Morgan fingerprint density at radius 3 is 2.56 bits per heavy atom. The predicted octanol–water partition coefficient (Wildman–Crippen LogP) is 1.53. The van der Waals surface area contributed by atoms with E-state index >= 15 is 0 Å². The van der Waals surface area contributed by atoms with Crippen molar-refractivity contribution in [3.63, 3.8) is 0 Å². The zero-order chi connectivity index (χ0) is 12.5. The molecule has 0 saturated heterocycles. The highest BCUT2D eigenvalue weighted by molar-refractivity contribution is 7.84. The van der Waals surface area contributed by atoms with Crippen molar-refractivity contribution in [2.24, 2.45) is 0 Å². The number of fused-ring (bicyclic) bond motifs is 1. The number of rotatable bonds is 3. The van der Waals surface area contributed by atoms with E-state index in [1.54, 1.807) is 0 Å². The molecule has 0 radical (unpaired) electrons. The SMILES string of the molecule is Cc1nc(CS(=O)C2Cc3ccccc3C2)n[nH]1. The third-order valence-electron chi connectivity index (χ3n) is 3.30. The van der Waals surface area contributed by atoms with Crippen LogP contribution >= 0.6 is 0 Å². The minimum atomic E-state index is -0.904. The molecule has 4 nitrogen and oxygen atoms in total. The van der Waals surface area contributed by atoms with Gasteiger partial charge in [0, 0.05) is 16.0 Å². The second kappa shape index (κ2) is 4.65. The molecule has 0 saturated carbocycles. The lowest BCUT2D eigenvalue weighted by Crippen LogP contribution is -2.17. The van der Waals surface area contributed by atoms with Crippen molar-refractivity contribution in [1.82, 2.24) is 15.2 Å². The summed E-state index contributed by atoms with van der Waals surface area (Å²) < 4.78 is 12.3. The van der Waals surface area contributed by atoms with Gasteiger partial charge in [-0.25, -0.2) is 4.98 Å².